The van der Waals surface area contributed by atoms with E-state index in [1.165, 1.54) is 11.6 Å². The molecule has 1 saturated heterocycles. The molecule has 0 aliphatic carbocycles. The highest BCUT2D eigenvalue weighted by molar-refractivity contribution is 5.47. The molecule has 2 aromatic heterocycles. The predicted octanol–water partition coefficient (Wildman–Crippen LogP) is 2.80. The van der Waals surface area contributed by atoms with Crippen molar-refractivity contribution in [3.63, 3.8) is 0 Å². The van der Waals surface area contributed by atoms with Gasteiger partial charge in [0.2, 0.25) is 17.3 Å². The molecular formula is C19H20N4O2. The summed E-state index contributed by atoms with van der Waals surface area (Å²) in [6.07, 6.45) is 2.15. The Hall–Kier alpha value is -2.73. The molecule has 1 fully saturated rings. The first-order chi connectivity index (χ1) is 12.3. The zero-order chi connectivity index (χ0) is 17.1. The summed E-state index contributed by atoms with van der Waals surface area (Å²) >= 11 is 0. The Bertz CT molecular complexity index is 887. The zero-order valence-electron chi connectivity index (χ0n) is 13.9. The Morgan fingerprint density at radius 1 is 1.16 bits per heavy atom. The van der Waals surface area contributed by atoms with Crippen molar-refractivity contribution in [3.8, 4) is 11.5 Å². The lowest BCUT2D eigenvalue weighted by molar-refractivity contribution is 0.180. The summed E-state index contributed by atoms with van der Waals surface area (Å²) in [5.41, 5.74) is 1.73. The molecule has 0 amide bonds. The largest absolute Gasteiger partial charge is 0.339 e. The third-order valence-electron chi connectivity index (χ3n) is 4.55. The zero-order valence-corrected chi connectivity index (χ0v) is 13.9. The van der Waals surface area contributed by atoms with Gasteiger partial charge in [0.05, 0.1) is 11.6 Å². The molecule has 6 nitrogen and oxygen atoms in total. The smallest absolute Gasteiger partial charge is 0.248 e. The van der Waals surface area contributed by atoms with E-state index in [1.807, 2.05) is 6.07 Å². The highest BCUT2D eigenvalue weighted by Gasteiger charge is 2.26. The van der Waals surface area contributed by atoms with Gasteiger partial charge in [-0.2, -0.15) is 4.98 Å². The maximum atomic E-state index is 11.4. The Labute approximate surface area is 145 Å². The lowest BCUT2D eigenvalue weighted by Crippen LogP contribution is -2.34. The van der Waals surface area contributed by atoms with Crippen LogP contribution in [0.15, 0.2) is 57.8 Å². The van der Waals surface area contributed by atoms with Gasteiger partial charge in [-0.25, -0.2) is 0 Å². The number of likely N-dealkylation sites (tertiary alicyclic amines) is 1. The minimum atomic E-state index is -0.171. The second-order valence-electron chi connectivity index (χ2n) is 6.44. The van der Waals surface area contributed by atoms with Crippen molar-refractivity contribution in [2.45, 2.75) is 25.3 Å². The molecule has 1 aliphatic heterocycles. The molecule has 1 atom stereocenters. The highest BCUT2D eigenvalue weighted by atomic mass is 16.5. The molecule has 1 N–H and O–H groups in total. The van der Waals surface area contributed by atoms with Crippen LogP contribution >= 0.6 is 0 Å². The summed E-state index contributed by atoms with van der Waals surface area (Å²) in [7, 11) is 0. The van der Waals surface area contributed by atoms with Crippen LogP contribution < -0.4 is 5.56 Å². The number of nitrogens with zero attached hydrogens (tertiary/aromatic N) is 3. The number of hydrogen-bond donors (Lipinski definition) is 1. The fraction of sp³-hybridized carbons (Fsp3) is 0.316. The van der Waals surface area contributed by atoms with Crippen molar-refractivity contribution in [1.82, 2.24) is 20.0 Å². The van der Waals surface area contributed by atoms with E-state index in [-0.39, 0.29) is 11.5 Å². The Morgan fingerprint density at radius 3 is 2.88 bits per heavy atom. The molecule has 3 aromatic rings. The fourth-order valence-corrected chi connectivity index (χ4v) is 3.33. The van der Waals surface area contributed by atoms with Gasteiger partial charge in [0, 0.05) is 19.2 Å². The fourth-order valence-electron chi connectivity index (χ4n) is 3.33. The van der Waals surface area contributed by atoms with Crippen LogP contribution in [0.4, 0.5) is 0 Å². The molecule has 3 heterocycles. The number of aromatic nitrogens is 3. The lowest BCUT2D eigenvalue weighted by Gasteiger charge is -2.30. The van der Waals surface area contributed by atoms with Gasteiger partial charge in [0.15, 0.2) is 0 Å². The van der Waals surface area contributed by atoms with Gasteiger partial charge < -0.3 is 9.51 Å². The highest BCUT2D eigenvalue weighted by Crippen LogP contribution is 2.27. The molecule has 1 aliphatic rings. The summed E-state index contributed by atoms with van der Waals surface area (Å²) in [6.45, 7) is 2.92. The maximum Gasteiger partial charge on any atom is 0.248 e. The molecule has 4 rings (SSSR count). The molecule has 1 unspecified atom stereocenters. The number of piperidine rings is 1. The Balaban J connectivity index is 1.47. The maximum absolute atomic E-state index is 11.4. The van der Waals surface area contributed by atoms with E-state index >= 15 is 0 Å². The van der Waals surface area contributed by atoms with Crippen LogP contribution in [0.3, 0.4) is 0 Å². The standard InChI is InChI=1S/C19H20N4O2/c24-17-10-4-9-16(20-17)18-21-19(25-22-18)15-8-5-11-23(13-15)12-14-6-2-1-3-7-14/h1-4,6-7,9-10,15H,5,8,11-13H2,(H,20,24). The quantitative estimate of drug-likeness (QED) is 0.793. The van der Waals surface area contributed by atoms with Gasteiger partial charge in [0.1, 0.15) is 0 Å². The van der Waals surface area contributed by atoms with Gasteiger partial charge in [-0.1, -0.05) is 41.6 Å². The van der Waals surface area contributed by atoms with Crippen LogP contribution in [0.25, 0.3) is 11.5 Å². The molecule has 0 spiro atoms. The predicted molar refractivity (Wildman–Crippen MR) is 94.0 cm³/mol. The Morgan fingerprint density at radius 2 is 2.04 bits per heavy atom. The van der Waals surface area contributed by atoms with Crippen molar-refractivity contribution < 1.29 is 4.52 Å². The SMILES string of the molecule is O=c1cccc(-c2noc(C3CCCN(Cc4ccccc4)C3)n2)[nH]1. The van der Waals surface area contributed by atoms with Crippen LogP contribution in [0.5, 0.6) is 0 Å². The van der Waals surface area contributed by atoms with Crippen molar-refractivity contribution in [3.05, 3.63) is 70.3 Å². The summed E-state index contributed by atoms with van der Waals surface area (Å²) in [4.78, 5) is 21.1. The van der Waals surface area contributed by atoms with E-state index in [4.69, 9.17) is 4.52 Å². The summed E-state index contributed by atoms with van der Waals surface area (Å²) < 4.78 is 5.49. The van der Waals surface area contributed by atoms with Crippen molar-refractivity contribution in [2.24, 2.45) is 0 Å². The number of aromatic amines is 1. The molecule has 6 heteroatoms. The molecular weight excluding hydrogens is 316 g/mol. The Kier molecular flexibility index (Phi) is 4.43. The number of nitrogens with one attached hydrogen (secondary N) is 1. The molecule has 25 heavy (non-hydrogen) atoms. The second-order valence-corrected chi connectivity index (χ2v) is 6.44. The van der Waals surface area contributed by atoms with E-state index in [0.29, 0.717) is 17.4 Å². The van der Waals surface area contributed by atoms with Crippen LogP contribution in [-0.4, -0.2) is 33.1 Å². The van der Waals surface area contributed by atoms with Gasteiger partial charge in [-0.3, -0.25) is 9.69 Å². The van der Waals surface area contributed by atoms with Gasteiger partial charge in [0.25, 0.3) is 0 Å². The van der Waals surface area contributed by atoms with Gasteiger partial charge in [-0.15, -0.1) is 0 Å². The van der Waals surface area contributed by atoms with E-state index in [9.17, 15) is 4.79 Å². The molecule has 0 bridgehead atoms. The first-order valence-electron chi connectivity index (χ1n) is 8.57. The van der Waals surface area contributed by atoms with Gasteiger partial charge >= 0.3 is 0 Å². The van der Waals surface area contributed by atoms with Crippen LogP contribution in [0, 0.1) is 0 Å². The summed E-state index contributed by atoms with van der Waals surface area (Å²) in [6, 6.07) is 15.4. The van der Waals surface area contributed by atoms with Crippen molar-refractivity contribution in [2.75, 3.05) is 13.1 Å². The first kappa shape index (κ1) is 15.8. The van der Waals surface area contributed by atoms with E-state index in [1.54, 1.807) is 12.1 Å². The minimum absolute atomic E-state index is 0.171. The van der Waals surface area contributed by atoms with Crippen molar-refractivity contribution >= 4 is 0 Å². The average Bonchev–Trinajstić information content (AvgIpc) is 3.13. The van der Waals surface area contributed by atoms with Crippen molar-refractivity contribution in [1.29, 1.82) is 0 Å². The third-order valence-corrected chi connectivity index (χ3v) is 4.55. The number of hydrogen-bond acceptors (Lipinski definition) is 5. The number of rotatable bonds is 4. The number of benzene rings is 1. The first-order valence-corrected chi connectivity index (χ1v) is 8.57. The van der Waals surface area contributed by atoms with Crippen LogP contribution in [0.1, 0.15) is 30.2 Å². The van der Waals surface area contributed by atoms with Crippen LogP contribution in [-0.2, 0) is 6.54 Å². The monoisotopic (exact) mass is 336 g/mol. The molecule has 1 aromatic carbocycles. The molecule has 0 radical (unpaired) electrons. The lowest BCUT2D eigenvalue weighted by atomic mass is 9.97. The van der Waals surface area contributed by atoms with Gasteiger partial charge in [-0.05, 0) is 31.0 Å². The number of pyridine rings is 1. The molecule has 0 saturated carbocycles. The topological polar surface area (TPSA) is 75.0 Å². The average molecular weight is 336 g/mol. The van der Waals surface area contributed by atoms with Crippen LogP contribution in [0.2, 0.25) is 0 Å². The normalized spacial score (nSPS) is 18.3. The second kappa shape index (κ2) is 7.03. The van der Waals surface area contributed by atoms with E-state index in [2.05, 4.69) is 44.3 Å². The third kappa shape index (κ3) is 3.69. The summed E-state index contributed by atoms with van der Waals surface area (Å²) in [5, 5.41) is 4.04. The van der Waals surface area contributed by atoms with E-state index in [0.717, 1.165) is 32.5 Å². The minimum Gasteiger partial charge on any atom is -0.339 e. The molecule has 128 valence electrons. The van der Waals surface area contributed by atoms with E-state index < -0.39 is 0 Å². The summed E-state index contributed by atoms with van der Waals surface area (Å²) in [5.74, 6) is 1.32. The number of H-pyrrole nitrogens is 1.